The first-order valence-corrected chi connectivity index (χ1v) is 5.56. The van der Waals surface area contributed by atoms with Crippen molar-refractivity contribution in [3.8, 4) is 0 Å². The van der Waals surface area contributed by atoms with Gasteiger partial charge in [-0.2, -0.15) is 0 Å². The minimum absolute atomic E-state index is 0.0731. The molecule has 0 saturated carbocycles. The van der Waals surface area contributed by atoms with E-state index in [0.717, 1.165) is 0 Å². The van der Waals surface area contributed by atoms with Gasteiger partial charge in [0.05, 0.1) is 22.2 Å². The Kier molecular flexibility index (Phi) is 4.49. The molecule has 1 aromatic rings. The van der Waals surface area contributed by atoms with Crippen molar-refractivity contribution in [2.45, 2.75) is 0 Å². The van der Waals surface area contributed by atoms with Gasteiger partial charge in [-0.15, -0.1) is 0 Å². The van der Waals surface area contributed by atoms with Gasteiger partial charge in [-0.1, -0.05) is 11.6 Å². The fraction of sp³-hybridized carbons (Fsp3) is 0.364. The predicted octanol–water partition coefficient (Wildman–Crippen LogP) is 1.77. The van der Waals surface area contributed by atoms with Gasteiger partial charge in [-0.3, -0.25) is 14.9 Å². The minimum Gasteiger partial charge on any atom is -0.364 e. The van der Waals surface area contributed by atoms with E-state index in [-0.39, 0.29) is 23.2 Å². The number of nitrogens with zero attached hydrogens (tertiary/aromatic N) is 3. The molecule has 18 heavy (non-hydrogen) atoms. The number of benzene rings is 1. The van der Waals surface area contributed by atoms with Gasteiger partial charge in [0.2, 0.25) is 5.91 Å². The molecule has 0 aliphatic heterocycles. The monoisotopic (exact) mass is 271 g/mol. The van der Waals surface area contributed by atoms with Gasteiger partial charge in [0.25, 0.3) is 5.69 Å². The highest BCUT2D eigenvalue weighted by Crippen LogP contribution is 2.28. The van der Waals surface area contributed by atoms with Crippen molar-refractivity contribution in [1.29, 1.82) is 0 Å². The highest BCUT2D eigenvalue weighted by Gasteiger charge is 2.14. The van der Waals surface area contributed by atoms with E-state index in [2.05, 4.69) is 0 Å². The highest BCUT2D eigenvalue weighted by molar-refractivity contribution is 6.33. The van der Waals surface area contributed by atoms with Gasteiger partial charge in [0.1, 0.15) is 0 Å². The second kappa shape index (κ2) is 5.68. The summed E-state index contributed by atoms with van der Waals surface area (Å²) in [5, 5.41) is 10.8. The van der Waals surface area contributed by atoms with Gasteiger partial charge in [-0.05, 0) is 6.07 Å². The highest BCUT2D eigenvalue weighted by atomic mass is 35.5. The SMILES string of the molecule is CN(C)C(=O)CN(C)c1ccc([N+](=O)[O-])cc1Cl. The van der Waals surface area contributed by atoms with Crippen LogP contribution in [0.3, 0.4) is 0 Å². The molecule has 7 heteroatoms. The van der Waals surface area contributed by atoms with Gasteiger partial charge >= 0.3 is 0 Å². The Hall–Kier alpha value is -1.82. The van der Waals surface area contributed by atoms with E-state index in [1.54, 1.807) is 26.0 Å². The fourth-order valence-corrected chi connectivity index (χ4v) is 1.67. The third-order valence-corrected chi connectivity index (χ3v) is 2.73. The van der Waals surface area contributed by atoms with E-state index in [1.807, 2.05) is 0 Å². The van der Waals surface area contributed by atoms with Crippen molar-refractivity contribution >= 4 is 28.9 Å². The van der Waals surface area contributed by atoms with E-state index in [4.69, 9.17) is 11.6 Å². The summed E-state index contributed by atoms with van der Waals surface area (Å²) in [7, 11) is 5.02. The summed E-state index contributed by atoms with van der Waals surface area (Å²) >= 11 is 5.96. The molecule has 0 spiro atoms. The maximum Gasteiger partial charge on any atom is 0.271 e. The molecule has 0 N–H and O–H groups in total. The zero-order valence-corrected chi connectivity index (χ0v) is 11.1. The van der Waals surface area contributed by atoms with Crippen LogP contribution in [0.2, 0.25) is 5.02 Å². The minimum atomic E-state index is -0.513. The lowest BCUT2D eigenvalue weighted by molar-refractivity contribution is -0.384. The number of amides is 1. The summed E-state index contributed by atoms with van der Waals surface area (Å²) in [6.07, 6.45) is 0. The smallest absolute Gasteiger partial charge is 0.271 e. The Morgan fingerprint density at radius 1 is 1.39 bits per heavy atom. The van der Waals surface area contributed by atoms with Crippen LogP contribution in [0.1, 0.15) is 0 Å². The Morgan fingerprint density at radius 3 is 2.44 bits per heavy atom. The van der Waals surface area contributed by atoms with Crippen LogP contribution in [-0.2, 0) is 4.79 Å². The van der Waals surface area contributed by atoms with E-state index >= 15 is 0 Å². The number of carbonyl (C=O) groups excluding carboxylic acids is 1. The van der Waals surface area contributed by atoms with Gasteiger partial charge in [0, 0.05) is 33.3 Å². The third-order valence-electron chi connectivity index (χ3n) is 2.42. The van der Waals surface area contributed by atoms with Crippen LogP contribution in [0.15, 0.2) is 18.2 Å². The van der Waals surface area contributed by atoms with E-state index in [9.17, 15) is 14.9 Å². The zero-order chi connectivity index (χ0) is 13.9. The molecular formula is C11H14ClN3O3. The molecule has 1 amide bonds. The van der Waals surface area contributed by atoms with Crippen molar-refractivity contribution < 1.29 is 9.72 Å². The second-order valence-corrected chi connectivity index (χ2v) is 4.44. The molecular weight excluding hydrogens is 258 g/mol. The van der Waals surface area contributed by atoms with E-state index in [1.165, 1.54) is 23.1 Å². The largest absolute Gasteiger partial charge is 0.364 e. The molecule has 0 aliphatic rings. The van der Waals surface area contributed by atoms with Crippen molar-refractivity contribution in [3.05, 3.63) is 33.3 Å². The van der Waals surface area contributed by atoms with E-state index < -0.39 is 4.92 Å². The maximum absolute atomic E-state index is 11.5. The molecule has 0 unspecified atom stereocenters. The number of nitro benzene ring substituents is 1. The number of rotatable bonds is 4. The molecule has 0 atom stereocenters. The molecule has 0 radical (unpaired) electrons. The van der Waals surface area contributed by atoms with Crippen LogP contribution in [0.25, 0.3) is 0 Å². The van der Waals surface area contributed by atoms with E-state index in [0.29, 0.717) is 5.69 Å². The average Bonchev–Trinajstić information content (AvgIpc) is 2.28. The van der Waals surface area contributed by atoms with Crippen LogP contribution in [0.5, 0.6) is 0 Å². The Labute approximate surface area is 110 Å². The maximum atomic E-state index is 11.5. The molecule has 0 saturated heterocycles. The Morgan fingerprint density at radius 2 is 2.00 bits per heavy atom. The van der Waals surface area contributed by atoms with Gasteiger partial charge in [-0.25, -0.2) is 0 Å². The quantitative estimate of drug-likeness (QED) is 0.618. The lowest BCUT2D eigenvalue weighted by atomic mass is 10.2. The zero-order valence-electron chi connectivity index (χ0n) is 10.4. The molecule has 98 valence electrons. The lowest BCUT2D eigenvalue weighted by Gasteiger charge is -2.21. The fourth-order valence-electron chi connectivity index (χ4n) is 1.35. The standard InChI is InChI=1S/C11H14ClN3O3/c1-13(2)11(16)7-14(3)10-5-4-8(15(17)18)6-9(10)12/h4-6H,7H2,1-3H3. The van der Waals surface area contributed by atoms with Crippen molar-refractivity contribution in [2.75, 3.05) is 32.6 Å². The van der Waals surface area contributed by atoms with Crippen molar-refractivity contribution in [2.24, 2.45) is 0 Å². The Balaban J connectivity index is 2.90. The number of carbonyl (C=O) groups is 1. The first-order valence-electron chi connectivity index (χ1n) is 5.18. The second-order valence-electron chi connectivity index (χ2n) is 4.04. The third kappa shape index (κ3) is 3.33. The first kappa shape index (κ1) is 14.2. The van der Waals surface area contributed by atoms with Crippen molar-refractivity contribution in [1.82, 2.24) is 4.90 Å². The van der Waals surface area contributed by atoms with Crippen LogP contribution in [0.4, 0.5) is 11.4 Å². The average molecular weight is 272 g/mol. The molecule has 0 aliphatic carbocycles. The van der Waals surface area contributed by atoms with Crippen LogP contribution in [0, 0.1) is 10.1 Å². The van der Waals surface area contributed by atoms with Crippen molar-refractivity contribution in [3.63, 3.8) is 0 Å². The number of hydrogen-bond donors (Lipinski definition) is 0. The summed E-state index contributed by atoms with van der Waals surface area (Å²) in [4.78, 5) is 24.7. The number of likely N-dealkylation sites (N-methyl/N-ethyl adjacent to an activating group) is 2. The van der Waals surface area contributed by atoms with Crippen LogP contribution in [-0.4, -0.2) is 43.4 Å². The summed E-state index contributed by atoms with van der Waals surface area (Å²) in [6, 6.07) is 4.16. The number of anilines is 1. The molecule has 0 heterocycles. The van der Waals surface area contributed by atoms with Gasteiger partial charge in [0.15, 0.2) is 0 Å². The molecule has 1 rings (SSSR count). The van der Waals surface area contributed by atoms with Crippen LogP contribution >= 0.6 is 11.6 Å². The molecule has 0 fully saturated rings. The number of nitro groups is 1. The summed E-state index contributed by atoms with van der Waals surface area (Å²) < 4.78 is 0. The summed E-state index contributed by atoms with van der Waals surface area (Å²) in [5.41, 5.74) is 0.508. The molecule has 0 aromatic heterocycles. The number of non-ortho nitro benzene ring substituents is 1. The van der Waals surface area contributed by atoms with Crippen LogP contribution < -0.4 is 4.90 Å². The number of hydrogen-bond acceptors (Lipinski definition) is 4. The summed E-state index contributed by atoms with van der Waals surface area (Å²) in [5.74, 6) is -0.0769. The Bertz CT molecular complexity index is 477. The predicted molar refractivity (Wildman–Crippen MR) is 70.1 cm³/mol. The summed E-state index contributed by atoms with van der Waals surface area (Å²) in [6.45, 7) is 0.157. The first-order chi connectivity index (χ1) is 8.32. The normalized spacial score (nSPS) is 10.0. The molecule has 6 nitrogen and oxygen atoms in total. The lowest BCUT2D eigenvalue weighted by Crippen LogP contribution is -2.34. The number of halogens is 1. The molecule has 0 bridgehead atoms. The topological polar surface area (TPSA) is 66.7 Å². The van der Waals surface area contributed by atoms with Gasteiger partial charge < -0.3 is 9.80 Å². The molecule has 1 aromatic carbocycles.